The molecule has 1 unspecified atom stereocenters. The van der Waals surface area contributed by atoms with E-state index in [4.69, 9.17) is 4.74 Å². The van der Waals surface area contributed by atoms with Crippen molar-refractivity contribution in [3.8, 4) is 5.75 Å². The highest BCUT2D eigenvalue weighted by atomic mass is 19.1. The number of hydrogen-bond acceptors (Lipinski definition) is 2. The highest BCUT2D eigenvalue weighted by Crippen LogP contribution is 2.22. The fourth-order valence-corrected chi connectivity index (χ4v) is 1.72. The summed E-state index contributed by atoms with van der Waals surface area (Å²) in [4.78, 5) is 0. The molecule has 1 saturated carbocycles. The third kappa shape index (κ3) is 3.67. The van der Waals surface area contributed by atoms with Crippen molar-refractivity contribution in [2.24, 2.45) is 5.92 Å². The van der Waals surface area contributed by atoms with E-state index in [1.165, 1.54) is 25.0 Å². The van der Waals surface area contributed by atoms with Gasteiger partial charge in [-0.2, -0.15) is 0 Å². The summed E-state index contributed by atoms with van der Waals surface area (Å²) in [5, 5.41) is 3.37. The molecule has 0 aromatic heterocycles. The first-order valence-electron chi connectivity index (χ1n) is 6.41. The van der Waals surface area contributed by atoms with Gasteiger partial charge in [-0.15, -0.1) is 0 Å². The molecule has 0 radical (unpaired) electrons. The zero-order valence-corrected chi connectivity index (χ0v) is 10.7. The van der Waals surface area contributed by atoms with Crippen LogP contribution in [0.4, 0.5) is 8.78 Å². The van der Waals surface area contributed by atoms with Crippen LogP contribution in [-0.2, 0) is 0 Å². The molecule has 0 heterocycles. The first-order chi connectivity index (χ1) is 8.56. The molecule has 100 valence electrons. The van der Waals surface area contributed by atoms with Crippen LogP contribution in [0.1, 0.15) is 26.7 Å². The average Bonchev–Trinajstić information content (AvgIpc) is 3.10. The van der Waals surface area contributed by atoms with Crippen LogP contribution in [0.2, 0.25) is 0 Å². The largest absolute Gasteiger partial charge is 0.486 e. The molecule has 4 heteroatoms. The lowest BCUT2D eigenvalue weighted by Crippen LogP contribution is -2.36. The third-order valence-electron chi connectivity index (χ3n) is 3.10. The maximum Gasteiger partial charge on any atom is 0.167 e. The van der Waals surface area contributed by atoms with Gasteiger partial charge in [-0.05, 0) is 30.9 Å². The summed E-state index contributed by atoms with van der Waals surface area (Å²) in [7, 11) is 0. The summed E-state index contributed by atoms with van der Waals surface area (Å²) in [5.41, 5.74) is 0. The Labute approximate surface area is 106 Å². The van der Waals surface area contributed by atoms with Crippen LogP contribution >= 0.6 is 0 Å². The zero-order chi connectivity index (χ0) is 13.1. The Morgan fingerprint density at radius 2 is 2.06 bits per heavy atom. The van der Waals surface area contributed by atoms with Gasteiger partial charge in [0.25, 0.3) is 0 Å². The van der Waals surface area contributed by atoms with Gasteiger partial charge in [0.1, 0.15) is 11.9 Å². The van der Waals surface area contributed by atoms with Gasteiger partial charge in [0.15, 0.2) is 11.6 Å². The second-order valence-electron chi connectivity index (χ2n) is 5.16. The molecule has 1 N–H and O–H groups in total. The molecule has 18 heavy (non-hydrogen) atoms. The van der Waals surface area contributed by atoms with E-state index >= 15 is 0 Å². The van der Waals surface area contributed by atoms with Gasteiger partial charge in [-0.1, -0.05) is 13.8 Å². The molecule has 0 saturated heterocycles. The van der Waals surface area contributed by atoms with Crippen LogP contribution in [0.15, 0.2) is 18.2 Å². The number of rotatable bonds is 6. The fraction of sp³-hybridized carbons (Fsp3) is 0.571. The summed E-state index contributed by atoms with van der Waals surface area (Å²) in [5.74, 6) is -0.850. The van der Waals surface area contributed by atoms with Crippen LogP contribution in [0.5, 0.6) is 5.75 Å². The predicted molar refractivity (Wildman–Crippen MR) is 66.6 cm³/mol. The molecule has 0 bridgehead atoms. The van der Waals surface area contributed by atoms with Crippen LogP contribution in [-0.4, -0.2) is 18.7 Å². The van der Waals surface area contributed by atoms with E-state index in [0.717, 1.165) is 6.07 Å². The van der Waals surface area contributed by atoms with Crippen LogP contribution in [0.25, 0.3) is 0 Å². The second-order valence-corrected chi connectivity index (χ2v) is 5.16. The average molecular weight is 255 g/mol. The lowest BCUT2D eigenvalue weighted by atomic mass is 10.1. The zero-order valence-electron chi connectivity index (χ0n) is 10.7. The van der Waals surface area contributed by atoms with Gasteiger partial charge in [0.2, 0.25) is 0 Å². The monoisotopic (exact) mass is 255 g/mol. The van der Waals surface area contributed by atoms with Crippen molar-refractivity contribution in [2.75, 3.05) is 6.54 Å². The van der Waals surface area contributed by atoms with Crippen molar-refractivity contribution in [2.45, 2.75) is 38.8 Å². The maximum absolute atomic E-state index is 13.5. The normalized spacial score (nSPS) is 16.9. The summed E-state index contributed by atoms with van der Waals surface area (Å²) >= 11 is 0. The molecule has 1 aromatic carbocycles. The van der Waals surface area contributed by atoms with Gasteiger partial charge >= 0.3 is 0 Å². The maximum atomic E-state index is 13.5. The summed E-state index contributed by atoms with van der Waals surface area (Å²) in [6.45, 7) is 4.75. The van der Waals surface area contributed by atoms with Crippen molar-refractivity contribution in [1.29, 1.82) is 0 Å². The van der Waals surface area contributed by atoms with Crippen LogP contribution in [0.3, 0.4) is 0 Å². The lowest BCUT2D eigenvalue weighted by molar-refractivity contribution is 0.142. The Bertz CT molecular complexity index is 405. The molecule has 1 aliphatic carbocycles. The van der Waals surface area contributed by atoms with Crippen molar-refractivity contribution in [3.63, 3.8) is 0 Å². The Kier molecular flexibility index (Phi) is 4.17. The topological polar surface area (TPSA) is 21.3 Å². The SMILES string of the molecule is CC(C)C(CNC1CC1)Oc1ccc(F)cc1F. The molecule has 0 spiro atoms. The predicted octanol–water partition coefficient (Wildman–Crippen LogP) is 3.12. The van der Waals surface area contributed by atoms with Crippen molar-refractivity contribution < 1.29 is 13.5 Å². The standard InChI is InChI=1S/C14H19F2NO/c1-9(2)14(8-17-11-4-5-11)18-13-6-3-10(15)7-12(13)16/h3,6-7,9,11,14,17H,4-5,8H2,1-2H3. The number of ether oxygens (including phenoxy) is 1. The van der Waals surface area contributed by atoms with Gasteiger partial charge in [0.05, 0.1) is 0 Å². The molecular weight excluding hydrogens is 236 g/mol. The minimum absolute atomic E-state index is 0.106. The van der Waals surface area contributed by atoms with E-state index in [0.29, 0.717) is 12.6 Å². The molecular formula is C14H19F2NO. The van der Waals surface area contributed by atoms with E-state index in [1.807, 2.05) is 13.8 Å². The highest BCUT2D eigenvalue weighted by molar-refractivity contribution is 5.25. The Morgan fingerprint density at radius 1 is 1.33 bits per heavy atom. The molecule has 1 aromatic rings. The Hall–Kier alpha value is -1.16. The number of nitrogens with one attached hydrogen (secondary N) is 1. The van der Waals surface area contributed by atoms with Crippen LogP contribution < -0.4 is 10.1 Å². The minimum atomic E-state index is -0.646. The number of hydrogen-bond donors (Lipinski definition) is 1. The minimum Gasteiger partial charge on any atom is -0.486 e. The van der Waals surface area contributed by atoms with Gasteiger partial charge < -0.3 is 10.1 Å². The highest BCUT2D eigenvalue weighted by Gasteiger charge is 2.24. The van der Waals surface area contributed by atoms with Gasteiger partial charge in [0, 0.05) is 18.7 Å². The lowest BCUT2D eigenvalue weighted by Gasteiger charge is -2.23. The molecule has 1 fully saturated rings. The first kappa shape index (κ1) is 13.3. The third-order valence-corrected chi connectivity index (χ3v) is 3.10. The molecule has 2 rings (SSSR count). The number of benzene rings is 1. The van der Waals surface area contributed by atoms with E-state index < -0.39 is 11.6 Å². The fourth-order valence-electron chi connectivity index (χ4n) is 1.72. The quantitative estimate of drug-likeness (QED) is 0.843. The van der Waals surface area contributed by atoms with Crippen molar-refractivity contribution >= 4 is 0 Å². The number of halogens is 2. The summed E-state index contributed by atoms with van der Waals surface area (Å²) < 4.78 is 31.9. The van der Waals surface area contributed by atoms with Crippen molar-refractivity contribution in [1.82, 2.24) is 5.32 Å². The van der Waals surface area contributed by atoms with Crippen LogP contribution in [0, 0.1) is 17.6 Å². The van der Waals surface area contributed by atoms with Gasteiger partial charge in [-0.25, -0.2) is 8.78 Å². The molecule has 1 atom stereocenters. The Balaban J connectivity index is 1.97. The Morgan fingerprint density at radius 3 is 2.61 bits per heavy atom. The van der Waals surface area contributed by atoms with Crippen molar-refractivity contribution in [3.05, 3.63) is 29.8 Å². The first-order valence-corrected chi connectivity index (χ1v) is 6.41. The van der Waals surface area contributed by atoms with Gasteiger partial charge in [-0.3, -0.25) is 0 Å². The van der Waals surface area contributed by atoms with E-state index in [2.05, 4.69) is 5.32 Å². The van der Waals surface area contributed by atoms with E-state index in [1.54, 1.807) is 0 Å². The molecule has 2 nitrogen and oxygen atoms in total. The van der Waals surface area contributed by atoms with E-state index in [-0.39, 0.29) is 17.8 Å². The summed E-state index contributed by atoms with van der Waals surface area (Å²) in [6, 6.07) is 4.00. The smallest absolute Gasteiger partial charge is 0.167 e. The molecule has 0 aliphatic heterocycles. The molecule has 1 aliphatic rings. The molecule has 0 amide bonds. The summed E-state index contributed by atoms with van der Waals surface area (Å²) in [6.07, 6.45) is 2.30. The second kappa shape index (κ2) is 5.65. The van der Waals surface area contributed by atoms with E-state index in [9.17, 15) is 8.78 Å².